The Morgan fingerprint density at radius 1 is 1.05 bits per heavy atom. The normalized spacial score (nSPS) is 16.1. The van der Waals surface area contributed by atoms with Gasteiger partial charge < -0.3 is 9.32 Å². The molecule has 1 aromatic heterocycles. The Bertz CT molecular complexity index is 598. The molecule has 0 bridgehead atoms. The van der Waals surface area contributed by atoms with Crippen molar-refractivity contribution in [1.29, 1.82) is 0 Å². The quantitative estimate of drug-likeness (QED) is 0.869. The summed E-state index contributed by atoms with van der Waals surface area (Å²) in [6.07, 6.45) is 0. The topological polar surface area (TPSA) is 36.7 Å². The molecule has 1 fully saturated rings. The lowest BCUT2D eigenvalue weighted by atomic mass is 10.2. The number of amides is 1. The number of hydrogen-bond donors (Lipinski definition) is 0. The highest BCUT2D eigenvalue weighted by molar-refractivity contribution is 5.94. The van der Waals surface area contributed by atoms with Gasteiger partial charge in [-0.05, 0) is 31.2 Å². The van der Waals surface area contributed by atoms with Gasteiger partial charge in [-0.3, -0.25) is 9.69 Å². The third kappa shape index (κ3) is 3.34. The van der Waals surface area contributed by atoms with Crippen LogP contribution in [0, 0.1) is 6.92 Å². The van der Waals surface area contributed by atoms with Crippen LogP contribution in [0.25, 0.3) is 0 Å². The van der Waals surface area contributed by atoms with E-state index in [1.165, 1.54) is 0 Å². The van der Waals surface area contributed by atoms with Crippen LogP contribution < -0.4 is 0 Å². The Kier molecular flexibility index (Phi) is 4.06. The van der Waals surface area contributed by atoms with Crippen molar-refractivity contribution in [2.75, 3.05) is 26.2 Å². The molecule has 1 aliphatic heterocycles. The second kappa shape index (κ2) is 6.14. The highest BCUT2D eigenvalue weighted by Gasteiger charge is 2.22. The van der Waals surface area contributed by atoms with Gasteiger partial charge in [0.2, 0.25) is 0 Å². The third-order valence-electron chi connectivity index (χ3n) is 3.86. The lowest BCUT2D eigenvalue weighted by molar-refractivity contribution is 0.0620. The number of benzene rings is 1. The second-order valence-corrected chi connectivity index (χ2v) is 5.45. The van der Waals surface area contributed by atoms with Gasteiger partial charge in [0.1, 0.15) is 11.5 Å². The van der Waals surface area contributed by atoms with Crippen molar-refractivity contribution in [3.8, 4) is 0 Å². The summed E-state index contributed by atoms with van der Waals surface area (Å²) in [6, 6.07) is 13.5. The van der Waals surface area contributed by atoms with Crippen LogP contribution in [0.2, 0.25) is 0 Å². The molecule has 1 aliphatic rings. The summed E-state index contributed by atoms with van der Waals surface area (Å²) in [4.78, 5) is 16.6. The molecule has 0 unspecified atom stereocenters. The maximum atomic E-state index is 12.4. The molecule has 0 spiro atoms. The molecule has 1 saturated heterocycles. The number of piperazine rings is 1. The first-order valence-electron chi connectivity index (χ1n) is 7.34. The van der Waals surface area contributed by atoms with Gasteiger partial charge in [-0.25, -0.2) is 0 Å². The maximum absolute atomic E-state index is 12.4. The second-order valence-electron chi connectivity index (χ2n) is 5.45. The number of carbonyl (C=O) groups excluding carboxylic acids is 1. The first kappa shape index (κ1) is 13.9. The van der Waals surface area contributed by atoms with Crippen molar-refractivity contribution in [2.45, 2.75) is 13.5 Å². The Morgan fingerprint density at radius 2 is 1.76 bits per heavy atom. The smallest absolute Gasteiger partial charge is 0.253 e. The van der Waals surface area contributed by atoms with Gasteiger partial charge in [-0.1, -0.05) is 18.2 Å². The van der Waals surface area contributed by atoms with E-state index in [9.17, 15) is 4.79 Å². The van der Waals surface area contributed by atoms with Gasteiger partial charge >= 0.3 is 0 Å². The summed E-state index contributed by atoms with van der Waals surface area (Å²) < 4.78 is 5.61. The standard InChI is InChI=1S/C17H20N2O2/c1-14-7-8-16(21-14)13-18-9-11-19(12-10-18)17(20)15-5-3-2-4-6-15/h2-8H,9-13H2,1H3. The first-order chi connectivity index (χ1) is 10.2. The minimum Gasteiger partial charge on any atom is -0.465 e. The van der Waals surface area contributed by atoms with Crippen LogP contribution in [0.4, 0.5) is 0 Å². The minimum absolute atomic E-state index is 0.129. The molecule has 0 radical (unpaired) electrons. The number of nitrogens with zero attached hydrogens (tertiary/aromatic N) is 2. The fraction of sp³-hybridized carbons (Fsp3) is 0.353. The highest BCUT2D eigenvalue weighted by Crippen LogP contribution is 2.13. The number of hydrogen-bond acceptors (Lipinski definition) is 3. The Labute approximate surface area is 125 Å². The minimum atomic E-state index is 0.129. The van der Waals surface area contributed by atoms with E-state index in [2.05, 4.69) is 4.90 Å². The zero-order valence-electron chi connectivity index (χ0n) is 12.3. The van der Waals surface area contributed by atoms with E-state index in [1.54, 1.807) is 0 Å². The van der Waals surface area contributed by atoms with Gasteiger partial charge in [0.25, 0.3) is 5.91 Å². The van der Waals surface area contributed by atoms with E-state index in [4.69, 9.17) is 4.42 Å². The lowest BCUT2D eigenvalue weighted by Crippen LogP contribution is -2.48. The van der Waals surface area contributed by atoms with E-state index >= 15 is 0 Å². The summed E-state index contributed by atoms with van der Waals surface area (Å²) in [5.74, 6) is 2.07. The number of aryl methyl sites for hydroxylation is 1. The van der Waals surface area contributed by atoms with Crippen LogP contribution in [0.3, 0.4) is 0 Å². The molecule has 0 aliphatic carbocycles. The molecular formula is C17H20N2O2. The molecule has 4 nitrogen and oxygen atoms in total. The Morgan fingerprint density at radius 3 is 2.38 bits per heavy atom. The van der Waals surface area contributed by atoms with Crippen LogP contribution in [0.1, 0.15) is 21.9 Å². The Balaban J connectivity index is 1.54. The third-order valence-corrected chi connectivity index (χ3v) is 3.86. The molecule has 110 valence electrons. The SMILES string of the molecule is Cc1ccc(CN2CCN(C(=O)c3ccccc3)CC2)o1. The molecule has 1 amide bonds. The van der Waals surface area contributed by atoms with Gasteiger partial charge in [0, 0.05) is 31.7 Å². The molecule has 0 N–H and O–H groups in total. The summed E-state index contributed by atoms with van der Waals surface area (Å²) in [5, 5.41) is 0. The summed E-state index contributed by atoms with van der Waals surface area (Å²) in [6.45, 7) is 6.10. The van der Waals surface area contributed by atoms with E-state index in [0.717, 1.165) is 49.8 Å². The van der Waals surface area contributed by atoms with Crippen LogP contribution in [0.15, 0.2) is 46.9 Å². The van der Waals surface area contributed by atoms with Crippen molar-refractivity contribution >= 4 is 5.91 Å². The van der Waals surface area contributed by atoms with Crippen molar-refractivity contribution < 1.29 is 9.21 Å². The molecule has 0 atom stereocenters. The summed E-state index contributed by atoms with van der Waals surface area (Å²) >= 11 is 0. The summed E-state index contributed by atoms with van der Waals surface area (Å²) in [5.41, 5.74) is 0.771. The van der Waals surface area contributed by atoms with Gasteiger partial charge in [-0.2, -0.15) is 0 Å². The highest BCUT2D eigenvalue weighted by atomic mass is 16.3. The van der Waals surface area contributed by atoms with E-state index in [1.807, 2.05) is 54.3 Å². The summed E-state index contributed by atoms with van der Waals surface area (Å²) in [7, 11) is 0. The van der Waals surface area contributed by atoms with Crippen molar-refractivity contribution in [1.82, 2.24) is 9.80 Å². The predicted molar refractivity (Wildman–Crippen MR) is 81.1 cm³/mol. The average Bonchev–Trinajstić information content (AvgIpc) is 2.93. The zero-order chi connectivity index (χ0) is 14.7. The molecule has 1 aromatic carbocycles. The molecule has 3 rings (SSSR count). The zero-order valence-corrected chi connectivity index (χ0v) is 12.3. The van der Waals surface area contributed by atoms with Crippen molar-refractivity contribution in [3.63, 3.8) is 0 Å². The average molecular weight is 284 g/mol. The monoisotopic (exact) mass is 284 g/mol. The molecule has 4 heteroatoms. The fourth-order valence-electron chi connectivity index (χ4n) is 2.66. The van der Waals surface area contributed by atoms with Crippen molar-refractivity contribution in [2.24, 2.45) is 0 Å². The first-order valence-corrected chi connectivity index (χ1v) is 7.34. The molecule has 2 heterocycles. The van der Waals surface area contributed by atoms with Crippen molar-refractivity contribution in [3.05, 3.63) is 59.5 Å². The van der Waals surface area contributed by atoms with Gasteiger partial charge in [-0.15, -0.1) is 0 Å². The Hall–Kier alpha value is -2.07. The molecular weight excluding hydrogens is 264 g/mol. The van der Waals surface area contributed by atoms with Crippen LogP contribution in [0.5, 0.6) is 0 Å². The molecule has 0 saturated carbocycles. The largest absolute Gasteiger partial charge is 0.465 e. The molecule has 21 heavy (non-hydrogen) atoms. The predicted octanol–water partition coefficient (Wildman–Crippen LogP) is 2.55. The molecule has 2 aromatic rings. The van der Waals surface area contributed by atoms with E-state index in [-0.39, 0.29) is 5.91 Å². The number of carbonyl (C=O) groups is 1. The lowest BCUT2D eigenvalue weighted by Gasteiger charge is -2.34. The maximum Gasteiger partial charge on any atom is 0.253 e. The van der Waals surface area contributed by atoms with Crippen LogP contribution in [-0.4, -0.2) is 41.9 Å². The number of rotatable bonds is 3. The fourth-order valence-corrected chi connectivity index (χ4v) is 2.66. The van der Waals surface area contributed by atoms with E-state index in [0.29, 0.717) is 0 Å². The van der Waals surface area contributed by atoms with Gasteiger partial charge in [0.05, 0.1) is 6.54 Å². The number of furan rings is 1. The van der Waals surface area contributed by atoms with Crippen LogP contribution >= 0.6 is 0 Å². The van der Waals surface area contributed by atoms with Gasteiger partial charge in [0.15, 0.2) is 0 Å². The van der Waals surface area contributed by atoms with E-state index < -0.39 is 0 Å². The van der Waals surface area contributed by atoms with Crippen LogP contribution in [-0.2, 0) is 6.54 Å².